The van der Waals surface area contributed by atoms with Crippen LogP contribution in [0.1, 0.15) is 0 Å². The van der Waals surface area contributed by atoms with Crippen LogP contribution in [0.25, 0.3) is 22.0 Å². The van der Waals surface area contributed by atoms with Gasteiger partial charge in [-0.15, -0.1) is 8.19 Å². The Morgan fingerprint density at radius 3 is 1.82 bits per heavy atom. The monoisotopic (exact) mass is 236 g/mol. The second-order valence-corrected chi connectivity index (χ2v) is 5.15. The van der Waals surface area contributed by atoms with Gasteiger partial charge in [-0.3, -0.25) is 0 Å². The Balaban J connectivity index is 1.99. The lowest BCUT2D eigenvalue weighted by molar-refractivity contribution is 1.66. The minimum Gasteiger partial charge on any atom is -0.131 e. The van der Waals surface area contributed by atoms with E-state index in [0.29, 0.717) is 0 Å². The first-order chi connectivity index (χ1) is 8.43. The highest BCUT2D eigenvalue weighted by atomic mass is 31.0. The molecule has 1 atom stereocenters. The molecule has 0 spiro atoms. The van der Waals surface area contributed by atoms with Crippen LogP contribution in [0, 0.1) is 0 Å². The van der Waals surface area contributed by atoms with E-state index < -0.39 is 0 Å². The fraction of sp³-hybridized carbons (Fsp3) is 0. The Labute approximate surface area is 103 Å². The lowest BCUT2D eigenvalue weighted by atomic mass is 10.1. The quantitative estimate of drug-likeness (QED) is 0.584. The van der Waals surface area contributed by atoms with Gasteiger partial charge in [-0.25, -0.2) is 0 Å². The van der Waals surface area contributed by atoms with Gasteiger partial charge in [-0.2, -0.15) is 0 Å². The minimum atomic E-state index is 0.782. The molecule has 2 aromatic carbocycles. The maximum absolute atomic E-state index is 2.33. The van der Waals surface area contributed by atoms with Crippen LogP contribution >= 0.6 is 8.19 Å². The van der Waals surface area contributed by atoms with Crippen molar-refractivity contribution >= 4 is 8.19 Å². The van der Waals surface area contributed by atoms with E-state index >= 15 is 0 Å². The molecule has 0 fully saturated rings. The molecule has 0 saturated heterocycles. The molecule has 3 rings (SSSR count). The van der Waals surface area contributed by atoms with Gasteiger partial charge in [0.05, 0.1) is 0 Å². The van der Waals surface area contributed by atoms with Crippen LogP contribution in [0.15, 0.2) is 72.5 Å². The molecule has 1 heterocycles. The summed E-state index contributed by atoms with van der Waals surface area (Å²) in [5.41, 5.74) is 4.00. The van der Waals surface area contributed by atoms with Crippen molar-refractivity contribution in [3.8, 4) is 22.0 Å². The third kappa shape index (κ3) is 2.18. The highest BCUT2D eigenvalue weighted by molar-refractivity contribution is 7.33. The van der Waals surface area contributed by atoms with E-state index in [1.807, 2.05) is 0 Å². The molecule has 0 radical (unpaired) electrons. The molecule has 1 heteroatoms. The summed E-state index contributed by atoms with van der Waals surface area (Å²) in [6.45, 7) is 0. The van der Waals surface area contributed by atoms with E-state index in [1.165, 1.54) is 22.0 Å². The van der Waals surface area contributed by atoms with Crippen molar-refractivity contribution in [3.63, 3.8) is 0 Å². The predicted molar refractivity (Wildman–Crippen MR) is 76.8 cm³/mol. The molecule has 82 valence electrons. The Morgan fingerprint density at radius 1 is 0.588 bits per heavy atom. The summed E-state index contributed by atoms with van der Waals surface area (Å²) in [7, 11) is 0.782. The number of hydrogen-bond acceptors (Lipinski definition) is 0. The summed E-state index contributed by atoms with van der Waals surface area (Å²) in [6.07, 6.45) is 0. The number of hydrogen-bond donors (Lipinski definition) is 0. The Kier molecular flexibility index (Phi) is 2.81. The van der Waals surface area contributed by atoms with Gasteiger partial charge in [0.1, 0.15) is 0 Å². The fourth-order valence-electron chi connectivity index (χ4n) is 1.98. The van der Waals surface area contributed by atoms with E-state index in [1.54, 1.807) is 0 Å². The van der Waals surface area contributed by atoms with E-state index in [-0.39, 0.29) is 0 Å². The van der Waals surface area contributed by atoms with Crippen molar-refractivity contribution in [2.45, 2.75) is 0 Å². The summed E-state index contributed by atoms with van der Waals surface area (Å²) in [5, 5.41) is 1.43. The minimum absolute atomic E-state index is 0.782. The summed E-state index contributed by atoms with van der Waals surface area (Å²) in [5.74, 6) is 2.33. The standard InChI is InChI=1S/C16H13P/c1-3-7-13(8-4-1)15-11-16(17-12-15)14-9-5-2-6-10-14/h1-12,17H. The van der Waals surface area contributed by atoms with Gasteiger partial charge in [-0.1, -0.05) is 60.7 Å². The van der Waals surface area contributed by atoms with Gasteiger partial charge in [0, 0.05) is 0 Å². The van der Waals surface area contributed by atoms with Crippen LogP contribution in [0.5, 0.6) is 0 Å². The van der Waals surface area contributed by atoms with Crippen molar-refractivity contribution < 1.29 is 0 Å². The van der Waals surface area contributed by atoms with Gasteiger partial charge in [0.15, 0.2) is 0 Å². The summed E-state index contributed by atoms with van der Waals surface area (Å²) in [6, 6.07) is 23.5. The van der Waals surface area contributed by atoms with Gasteiger partial charge >= 0.3 is 0 Å². The molecule has 0 aliphatic heterocycles. The maximum atomic E-state index is 2.33. The molecule has 17 heavy (non-hydrogen) atoms. The third-order valence-corrected chi connectivity index (χ3v) is 4.07. The van der Waals surface area contributed by atoms with Crippen LogP contribution < -0.4 is 0 Å². The van der Waals surface area contributed by atoms with Crippen molar-refractivity contribution in [1.82, 2.24) is 0 Å². The first kappa shape index (κ1) is 10.4. The fourth-order valence-corrected chi connectivity index (χ4v) is 3.11. The summed E-state index contributed by atoms with van der Waals surface area (Å²) < 4.78 is 0. The van der Waals surface area contributed by atoms with E-state index in [2.05, 4.69) is 72.5 Å². The zero-order valence-corrected chi connectivity index (χ0v) is 10.4. The van der Waals surface area contributed by atoms with Crippen LogP contribution in [0.2, 0.25) is 0 Å². The molecular weight excluding hydrogens is 223 g/mol. The molecule has 0 aliphatic rings. The van der Waals surface area contributed by atoms with E-state index in [4.69, 9.17) is 0 Å². The van der Waals surface area contributed by atoms with Crippen molar-refractivity contribution in [3.05, 3.63) is 72.5 Å². The molecule has 1 unspecified atom stereocenters. The largest absolute Gasteiger partial charge is 0.131 e. The SMILES string of the molecule is c1ccc(-c2c[pH]c(-c3ccccc3)c2)cc1. The molecule has 0 nitrogen and oxygen atoms in total. The Hall–Kier alpha value is -1.78. The highest BCUT2D eigenvalue weighted by Crippen LogP contribution is 2.35. The van der Waals surface area contributed by atoms with Gasteiger partial charge < -0.3 is 0 Å². The summed E-state index contributed by atoms with van der Waals surface area (Å²) >= 11 is 0. The van der Waals surface area contributed by atoms with Crippen LogP contribution in [0.3, 0.4) is 0 Å². The summed E-state index contributed by atoms with van der Waals surface area (Å²) in [4.78, 5) is 0. The smallest absolute Gasteiger partial charge is 0.00119 e. The molecule has 3 aromatic rings. The first-order valence-corrected chi connectivity index (χ1v) is 6.80. The zero-order chi connectivity index (χ0) is 11.5. The maximum Gasteiger partial charge on any atom is -0.00119 e. The Morgan fingerprint density at radius 2 is 1.18 bits per heavy atom. The van der Waals surface area contributed by atoms with Crippen molar-refractivity contribution in [1.29, 1.82) is 0 Å². The first-order valence-electron chi connectivity index (χ1n) is 5.73. The topological polar surface area (TPSA) is 0 Å². The predicted octanol–water partition coefficient (Wildman–Crippen LogP) is 5.05. The normalized spacial score (nSPS) is 10.8. The molecule has 0 aliphatic carbocycles. The Bertz CT molecular complexity index is 540. The third-order valence-electron chi connectivity index (χ3n) is 2.87. The lowest BCUT2D eigenvalue weighted by Crippen LogP contribution is -1.71. The van der Waals surface area contributed by atoms with Gasteiger partial charge in [-0.05, 0) is 33.9 Å². The van der Waals surface area contributed by atoms with Crippen LogP contribution in [-0.2, 0) is 0 Å². The molecule has 1 aromatic heterocycles. The molecule has 0 bridgehead atoms. The molecular formula is C16H13P. The van der Waals surface area contributed by atoms with Gasteiger partial charge in [0.2, 0.25) is 0 Å². The molecule has 0 amide bonds. The molecule has 0 N–H and O–H groups in total. The molecule has 0 saturated carbocycles. The van der Waals surface area contributed by atoms with Crippen LogP contribution in [-0.4, -0.2) is 0 Å². The second-order valence-electron chi connectivity index (χ2n) is 4.03. The zero-order valence-electron chi connectivity index (χ0n) is 9.43. The average molecular weight is 236 g/mol. The lowest BCUT2D eigenvalue weighted by Gasteiger charge is -1.97. The number of rotatable bonds is 2. The average Bonchev–Trinajstić information content (AvgIpc) is 2.90. The van der Waals surface area contributed by atoms with E-state index in [0.717, 1.165) is 8.19 Å². The second kappa shape index (κ2) is 4.61. The van der Waals surface area contributed by atoms with Crippen molar-refractivity contribution in [2.75, 3.05) is 0 Å². The van der Waals surface area contributed by atoms with Crippen molar-refractivity contribution in [2.24, 2.45) is 0 Å². The number of benzene rings is 2. The van der Waals surface area contributed by atoms with E-state index in [9.17, 15) is 0 Å². The van der Waals surface area contributed by atoms with Crippen LogP contribution in [0.4, 0.5) is 0 Å². The van der Waals surface area contributed by atoms with Gasteiger partial charge in [0.25, 0.3) is 0 Å². The highest BCUT2D eigenvalue weighted by Gasteiger charge is 2.02.